The smallest absolute Gasteiger partial charge is 0.123 e. The van der Waals surface area contributed by atoms with Crippen LogP contribution in [0.4, 0.5) is 4.39 Å². The standard InChI is InChI=1S/C16H25FN2O/c1-2-19(13-15-5-3-4-10-18-15)11-12-20-16-8-6-14(17)7-9-16/h6-9,15,18H,2-5,10-13H2,1H3. The van der Waals surface area contributed by atoms with Crippen LogP contribution in [0.5, 0.6) is 5.75 Å². The summed E-state index contributed by atoms with van der Waals surface area (Å²) in [5, 5.41) is 3.57. The fourth-order valence-corrected chi connectivity index (χ4v) is 2.59. The highest BCUT2D eigenvalue weighted by Crippen LogP contribution is 2.11. The van der Waals surface area contributed by atoms with Gasteiger partial charge in [0.2, 0.25) is 0 Å². The number of nitrogens with zero attached hydrogens (tertiary/aromatic N) is 1. The minimum atomic E-state index is -0.226. The Morgan fingerprint density at radius 2 is 2.10 bits per heavy atom. The van der Waals surface area contributed by atoms with Crippen molar-refractivity contribution in [2.45, 2.75) is 32.2 Å². The van der Waals surface area contributed by atoms with Crippen molar-refractivity contribution in [3.8, 4) is 5.75 Å². The van der Waals surface area contributed by atoms with Gasteiger partial charge in [-0.1, -0.05) is 13.3 Å². The Kier molecular flexibility index (Phi) is 6.27. The number of ether oxygens (including phenoxy) is 1. The average Bonchev–Trinajstić information content (AvgIpc) is 2.49. The van der Waals surface area contributed by atoms with Gasteiger partial charge in [0.25, 0.3) is 0 Å². The molecule has 1 aliphatic rings. The van der Waals surface area contributed by atoms with Crippen LogP contribution in [0.3, 0.4) is 0 Å². The first kappa shape index (κ1) is 15.3. The van der Waals surface area contributed by atoms with Crippen molar-refractivity contribution in [2.75, 3.05) is 32.8 Å². The molecule has 0 bridgehead atoms. The van der Waals surface area contributed by atoms with Crippen molar-refractivity contribution >= 4 is 0 Å². The second-order valence-corrected chi connectivity index (χ2v) is 5.34. The molecule has 0 amide bonds. The van der Waals surface area contributed by atoms with Crippen LogP contribution in [0, 0.1) is 5.82 Å². The van der Waals surface area contributed by atoms with Gasteiger partial charge in [0.05, 0.1) is 0 Å². The summed E-state index contributed by atoms with van der Waals surface area (Å²) in [4.78, 5) is 2.41. The summed E-state index contributed by atoms with van der Waals surface area (Å²) in [5.74, 6) is 0.508. The number of hydrogen-bond donors (Lipinski definition) is 1. The van der Waals surface area contributed by atoms with E-state index in [2.05, 4.69) is 17.1 Å². The molecule has 0 aromatic heterocycles. The monoisotopic (exact) mass is 280 g/mol. The normalized spacial score (nSPS) is 19.2. The van der Waals surface area contributed by atoms with Gasteiger partial charge in [0, 0.05) is 19.1 Å². The largest absolute Gasteiger partial charge is 0.492 e. The zero-order valence-electron chi connectivity index (χ0n) is 12.3. The molecule has 0 aliphatic carbocycles. The van der Waals surface area contributed by atoms with E-state index < -0.39 is 0 Å². The van der Waals surface area contributed by atoms with Crippen LogP contribution in [-0.4, -0.2) is 43.7 Å². The van der Waals surface area contributed by atoms with Crippen LogP contribution in [-0.2, 0) is 0 Å². The van der Waals surface area contributed by atoms with E-state index in [-0.39, 0.29) is 5.82 Å². The Balaban J connectivity index is 1.68. The lowest BCUT2D eigenvalue weighted by Gasteiger charge is -2.29. The molecular weight excluding hydrogens is 255 g/mol. The first-order valence-corrected chi connectivity index (χ1v) is 7.62. The Labute approximate surface area is 121 Å². The van der Waals surface area contributed by atoms with Gasteiger partial charge >= 0.3 is 0 Å². The second-order valence-electron chi connectivity index (χ2n) is 5.34. The third kappa shape index (κ3) is 5.10. The van der Waals surface area contributed by atoms with Gasteiger partial charge in [-0.15, -0.1) is 0 Å². The van der Waals surface area contributed by atoms with Gasteiger partial charge in [-0.05, 0) is 50.2 Å². The Hall–Kier alpha value is -1.13. The van der Waals surface area contributed by atoms with Gasteiger partial charge in [-0.25, -0.2) is 4.39 Å². The lowest BCUT2D eigenvalue weighted by Crippen LogP contribution is -2.44. The molecule has 1 aromatic rings. The van der Waals surface area contributed by atoms with Crippen molar-refractivity contribution in [3.63, 3.8) is 0 Å². The first-order chi connectivity index (χ1) is 9.78. The van der Waals surface area contributed by atoms with Crippen LogP contribution in [0.2, 0.25) is 0 Å². The summed E-state index contributed by atoms with van der Waals surface area (Å²) in [7, 11) is 0. The molecule has 1 N–H and O–H groups in total. The highest BCUT2D eigenvalue weighted by Gasteiger charge is 2.15. The second kappa shape index (κ2) is 8.22. The highest BCUT2D eigenvalue weighted by atomic mass is 19.1. The molecule has 1 atom stereocenters. The Bertz CT molecular complexity index is 377. The summed E-state index contributed by atoms with van der Waals surface area (Å²) in [6.07, 6.45) is 3.91. The van der Waals surface area contributed by atoms with Gasteiger partial charge in [-0.2, -0.15) is 0 Å². The number of halogens is 1. The van der Waals surface area contributed by atoms with Crippen molar-refractivity contribution in [3.05, 3.63) is 30.1 Å². The minimum Gasteiger partial charge on any atom is -0.492 e. The fourth-order valence-electron chi connectivity index (χ4n) is 2.59. The molecule has 1 aliphatic heterocycles. The predicted molar refractivity (Wildman–Crippen MR) is 79.7 cm³/mol. The molecule has 1 aromatic carbocycles. The minimum absolute atomic E-state index is 0.226. The van der Waals surface area contributed by atoms with E-state index in [0.29, 0.717) is 12.6 Å². The summed E-state index contributed by atoms with van der Waals surface area (Å²) in [6.45, 7) is 7.00. The molecular formula is C16H25FN2O. The van der Waals surface area contributed by atoms with Crippen LogP contribution in [0.1, 0.15) is 26.2 Å². The molecule has 1 heterocycles. The third-order valence-corrected chi connectivity index (χ3v) is 3.83. The number of nitrogens with one attached hydrogen (secondary N) is 1. The fraction of sp³-hybridized carbons (Fsp3) is 0.625. The molecule has 1 saturated heterocycles. The Morgan fingerprint density at radius 1 is 1.30 bits per heavy atom. The number of benzene rings is 1. The maximum absolute atomic E-state index is 12.8. The average molecular weight is 280 g/mol. The van der Waals surface area contributed by atoms with Crippen LogP contribution in [0.25, 0.3) is 0 Å². The molecule has 2 rings (SSSR count). The summed E-state index contributed by atoms with van der Waals surface area (Å²) >= 11 is 0. The van der Waals surface area contributed by atoms with Gasteiger partial charge in [0.1, 0.15) is 18.2 Å². The first-order valence-electron chi connectivity index (χ1n) is 7.62. The van der Waals surface area contributed by atoms with E-state index >= 15 is 0 Å². The van der Waals surface area contributed by atoms with E-state index in [1.165, 1.54) is 31.4 Å². The van der Waals surface area contributed by atoms with Crippen molar-refractivity contribution in [1.82, 2.24) is 10.2 Å². The molecule has 0 saturated carbocycles. The predicted octanol–water partition coefficient (Wildman–Crippen LogP) is 2.67. The molecule has 1 fully saturated rings. The van der Waals surface area contributed by atoms with E-state index in [4.69, 9.17) is 4.74 Å². The van der Waals surface area contributed by atoms with Crippen LogP contribution in [0.15, 0.2) is 24.3 Å². The van der Waals surface area contributed by atoms with E-state index in [1.807, 2.05) is 0 Å². The summed E-state index contributed by atoms with van der Waals surface area (Å²) < 4.78 is 18.4. The molecule has 0 radical (unpaired) electrons. The number of likely N-dealkylation sites (N-methyl/N-ethyl adjacent to an activating group) is 1. The van der Waals surface area contributed by atoms with Gasteiger partial charge in [0.15, 0.2) is 0 Å². The lowest BCUT2D eigenvalue weighted by atomic mass is 10.0. The maximum Gasteiger partial charge on any atom is 0.123 e. The maximum atomic E-state index is 12.8. The van der Waals surface area contributed by atoms with Gasteiger partial charge < -0.3 is 10.1 Å². The van der Waals surface area contributed by atoms with Gasteiger partial charge in [-0.3, -0.25) is 4.90 Å². The molecule has 0 spiro atoms. The van der Waals surface area contributed by atoms with E-state index in [1.54, 1.807) is 12.1 Å². The number of piperidine rings is 1. The van der Waals surface area contributed by atoms with E-state index in [0.717, 1.165) is 31.9 Å². The van der Waals surface area contributed by atoms with Crippen molar-refractivity contribution in [2.24, 2.45) is 0 Å². The molecule has 1 unspecified atom stereocenters. The molecule has 112 valence electrons. The van der Waals surface area contributed by atoms with Crippen LogP contribution >= 0.6 is 0 Å². The zero-order chi connectivity index (χ0) is 14.2. The van der Waals surface area contributed by atoms with Crippen molar-refractivity contribution in [1.29, 1.82) is 0 Å². The van der Waals surface area contributed by atoms with Crippen LogP contribution < -0.4 is 10.1 Å². The summed E-state index contributed by atoms with van der Waals surface area (Å²) in [6, 6.07) is 6.83. The van der Waals surface area contributed by atoms with Crippen molar-refractivity contribution < 1.29 is 9.13 Å². The molecule has 3 nitrogen and oxygen atoms in total. The SMILES string of the molecule is CCN(CCOc1ccc(F)cc1)CC1CCCCN1. The lowest BCUT2D eigenvalue weighted by molar-refractivity contribution is 0.190. The molecule has 20 heavy (non-hydrogen) atoms. The highest BCUT2D eigenvalue weighted by molar-refractivity contribution is 5.21. The quantitative estimate of drug-likeness (QED) is 0.831. The number of rotatable bonds is 7. The number of hydrogen-bond acceptors (Lipinski definition) is 3. The Morgan fingerprint density at radius 3 is 2.75 bits per heavy atom. The zero-order valence-corrected chi connectivity index (χ0v) is 12.3. The summed E-state index contributed by atoms with van der Waals surface area (Å²) in [5.41, 5.74) is 0. The topological polar surface area (TPSA) is 24.5 Å². The third-order valence-electron chi connectivity index (χ3n) is 3.83. The molecule has 4 heteroatoms. The van der Waals surface area contributed by atoms with E-state index in [9.17, 15) is 4.39 Å².